The third kappa shape index (κ3) is 85.2. The van der Waals surface area contributed by atoms with Crippen molar-refractivity contribution in [3.63, 3.8) is 0 Å². The van der Waals surface area contributed by atoms with Gasteiger partial charge in [0.2, 0.25) is 0 Å². The number of rotatable bonds is 10. The SMILES string of the molecule is CCO.CCO.[CH2-]CCCCCCC.[CH2-]CCCCCCC.[Ti+2]. The summed E-state index contributed by atoms with van der Waals surface area (Å²) in [4.78, 5) is 0. The zero-order valence-corrected chi connectivity index (χ0v) is 18.3. The molecule has 0 saturated carbocycles. The fourth-order valence-corrected chi connectivity index (χ4v) is 1.56. The van der Waals surface area contributed by atoms with E-state index in [2.05, 4.69) is 27.7 Å². The molecule has 0 aromatic heterocycles. The quantitative estimate of drug-likeness (QED) is 0.268. The van der Waals surface area contributed by atoms with Crippen LogP contribution in [0.3, 0.4) is 0 Å². The molecule has 142 valence electrons. The first-order valence-corrected chi connectivity index (χ1v) is 9.46. The van der Waals surface area contributed by atoms with Crippen molar-refractivity contribution in [2.45, 2.75) is 105 Å². The first kappa shape index (κ1) is 34.9. The Morgan fingerprint density at radius 1 is 0.522 bits per heavy atom. The molecule has 0 aromatic rings. The third-order valence-corrected chi connectivity index (χ3v) is 2.71. The van der Waals surface area contributed by atoms with Crippen LogP contribution in [0.2, 0.25) is 0 Å². The number of aliphatic hydroxyl groups is 2. The van der Waals surface area contributed by atoms with Crippen molar-refractivity contribution < 1.29 is 31.9 Å². The van der Waals surface area contributed by atoms with Crippen LogP contribution in [0, 0.1) is 13.8 Å². The summed E-state index contributed by atoms with van der Waals surface area (Å²) < 4.78 is 0. The van der Waals surface area contributed by atoms with Gasteiger partial charge in [0, 0.05) is 13.2 Å². The van der Waals surface area contributed by atoms with Crippen LogP contribution in [0.1, 0.15) is 105 Å². The molecule has 23 heavy (non-hydrogen) atoms. The molecule has 0 atom stereocenters. The van der Waals surface area contributed by atoms with E-state index in [1.165, 1.54) is 64.2 Å². The molecular formula is C20H46O2Ti. The van der Waals surface area contributed by atoms with Gasteiger partial charge in [-0.3, -0.25) is 0 Å². The molecule has 0 amide bonds. The number of unbranched alkanes of at least 4 members (excludes halogenated alkanes) is 10. The molecule has 0 aliphatic carbocycles. The van der Waals surface area contributed by atoms with E-state index >= 15 is 0 Å². The molecule has 0 aromatic carbocycles. The van der Waals surface area contributed by atoms with Gasteiger partial charge in [0.1, 0.15) is 0 Å². The Bertz CT molecular complexity index is 96.2. The van der Waals surface area contributed by atoms with Crippen LogP contribution >= 0.6 is 0 Å². The van der Waals surface area contributed by atoms with E-state index in [-0.39, 0.29) is 34.9 Å². The molecule has 0 aliphatic rings. The molecular weight excluding hydrogens is 320 g/mol. The summed E-state index contributed by atoms with van der Waals surface area (Å²) in [6, 6.07) is 0. The Kier molecular flexibility index (Phi) is 75.0. The van der Waals surface area contributed by atoms with Gasteiger partial charge in [-0.25, -0.2) is 0 Å². The van der Waals surface area contributed by atoms with E-state index in [0.717, 1.165) is 12.8 Å². The zero-order valence-electron chi connectivity index (χ0n) is 16.7. The van der Waals surface area contributed by atoms with Crippen LogP contribution in [0.4, 0.5) is 0 Å². The largest absolute Gasteiger partial charge is 2.00 e. The maximum atomic E-state index is 7.57. The van der Waals surface area contributed by atoms with Crippen LogP contribution < -0.4 is 0 Å². The van der Waals surface area contributed by atoms with Crippen molar-refractivity contribution in [1.29, 1.82) is 0 Å². The summed E-state index contributed by atoms with van der Waals surface area (Å²) in [6.45, 7) is 15.9. The molecule has 0 spiro atoms. The van der Waals surface area contributed by atoms with Crippen LogP contribution in [-0.4, -0.2) is 23.4 Å². The van der Waals surface area contributed by atoms with E-state index < -0.39 is 0 Å². The maximum Gasteiger partial charge on any atom is 2.00 e. The second-order valence-electron chi connectivity index (χ2n) is 5.17. The van der Waals surface area contributed by atoms with E-state index in [1.807, 2.05) is 0 Å². The van der Waals surface area contributed by atoms with Crippen LogP contribution in [0.15, 0.2) is 0 Å². The molecule has 0 heterocycles. The topological polar surface area (TPSA) is 40.5 Å². The van der Waals surface area contributed by atoms with Gasteiger partial charge in [0.05, 0.1) is 0 Å². The van der Waals surface area contributed by atoms with Gasteiger partial charge < -0.3 is 24.1 Å². The Balaban J connectivity index is -0.0000000680. The van der Waals surface area contributed by atoms with E-state index in [1.54, 1.807) is 13.8 Å². The predicted molar refractivity (Wildman–Crippen MR) is 103 cm³/mol. The van der Waals surface area contributed by atoms with E-state index in [9.17, 15) is 0 Å². The predicted octanol–water partition coefficient (Wildman–Crippen LogP) is 6.36. The fraction of sp³-hybridized carbons (Fsp3) is 0.900. The van der Waals surface area contributed by atoms with Gasteiger partial charge >= 0.3 is 21.7 Å². The molecule has 0 fully saturated rings. The summed E-state index contributed by atoms with van der Waals surface area (Å²) in [5.41, 5.74) is 0. The molecule has 0 rings (SSSR count). The van der Waals surface area contributed by atoms with E-state index in [0.29, 0.717) is 0 Å². The molecule has 0 aliphatic heterocycles. The molecule has 3 heteroatoms. The van der Waals surface area contributed by atoms with Gasteiger partial charge in [0.15, 0.2) is 0 Å². The van der Waals surface area contributed by atoms with E-state index in [4.69, 9.17) is 10.2 Å². The first-order valence-electron chi connectivity index (χ1n) is 9.46. The summed E-state index contributed by atoms with van der Waals surface area (Å²) in [7, 11) is 0. The first-order chi connectivity index (χ1) is 10.7. The normalized spacial score (nSPS) is 8.35. The van der Waals surface area contributed by atoms with Crippen molar-refractivity contribution in [2.75, 3.05) is 13.2 Å². The molecule has 0 unspecified atom stereocenters. The van der Waals surface area contributed by atoms with Crippen LogP contribution in [0.25, 0.3) is 0 Å². The van der Waals surface area contributed by atoms with Crippen molar-refractivity contribution >= 4 is 0 Å². The summed E-state index contributed by atoms with van der Waals surface area (Å²) in [5.74, 6) is 0. The third-order valence-electron chi connectivity index (χ3n) is 2.71. The standard InChI is InChI=1S/2C8H17.2C2H6O.Ti/c2*1-3-5-7-8-6-4-2;2*1-2-3;/h2*1,3-8H2,2H3;2*3H,2H2,1H3;/q2*-1;;;+2. The molecule has 0 radical (unpaired) electrons. The Hall–Kier alpha value is 0.634. The average Bonchev–Trinajstić information content (AvgIpc) is 2.51. The summed E-state index contributed by atoms with van der Waals surface area (Å²) >= 11 is 0. The van der Waals surface area contributed by atoms with Gasteiger partial charge in [-0.05, 0) is 13.8 Å². The monoisotopic (exact) mass is 366 g/mol. The van der Waals surface area contributed by atoms with Gasteiger partial charge in [-0.15, -0.1) is 0 Å². The molecule has 0 bridgehead atoms. The van der Waals surface area contributed by atoms with Crippen molar-refractivity contribution in [3.8, 4) is 0 Å². The smallest absolute Gasteiger partial charge is 0.397 e. The van der Waals surface area contributed by atoms with Gasteiger partial charge in [-0.2, -0.15) is 12.8 Å². The zero-order chi connectivity index (χ0) is 17.9. The Labute approximate surface area is 163 Å². The second kappa shape index (κ2) is 49.5. The molecule has 2 N–H and O–H groups in total. The maximum absolute atomic E-state index is 7.57. The minimum atomic E-state index is 0. The van der Waals surface area contributed by atoms with Gasteiger partial charge in [-0.1, -0.05) is 78.1 Å². The fourth-order valence-electron chi connectivity index (χ4n) is 1.56. The molecule has 2 nitrogen and oxygen atoms in total. The van der Waals surface area contributed by atoms with Crippen LogP contribution in [-0.2, 0) is 21.7 Å². The summed E-state index contributed by atoms with van der Waals surface area (Å²) in [5, 5.41) is 15.1. The Morgan fingerprint density at radius 2 is 0.739 bits per heavy atom. The summed E-state index contributed by atoms with van der Waals surface area (Å²) in [6.07, 6.45) is 16.0. The van der Waals surface area contributed by atoms with Crippen molar-refractivity contribution in [1.82, 2.24) is 0 Å². The minimum absolute atomic E-state index is 0. The second-order valence-corrected chi connectivity index (χ2v) is 5.17. The molecule has 0 saturated heterocycles. The number of hydrogen-bond donors (Lipinski definition) is 2. The van der Waals surface area contributed by atoms with Crippen molar-refractivity contribution in [3.05, 3.63) is 13.8 Å². The minimum Gasteiger partial charge on any atom is -0.397 e. The number of aliphatic hydroxyl groups excluding tert-OH is 2. The average molecular weight is 366 g/mol. The van der Waals surface area contributed by atoms with Crippen molar-refractivity contribution in [2.24, 2.45) is 0 Å². The number of hydrogen-bond acceptors (Lipinski definition) is 2. The van der Waals surface area contributed by atoms with Gasteiger partial charge in [0.25, 0.3) is 0 Å². The van der Waals surface area contributed by atoms with Crippen LogP contribution in [0.5, 0.6) is 0 Å². The Morgan fingerprint density at radius 3 is 0.913 bits per heavy atom.